The van der Waals surface area contributed by atoms with Gasteiger partial charge in [0.15, 0.2) is 0 Å². The van der Waals surface area contributed by atoms with E-state index < -0.39 is 0 Å². The summed E-state index contributed by atoms with van der Waals surface area (Å²) < 4.78 is 5.84. The molecule has 0 saturated carbocycles. The normalized spacial score (nSPS) is 18.4. The van der Waals surface area contributed by atoms with Gasteiger partial charge in [-0.15, -0.1) is 0 Å². The molecule has 2 rings (SSSR count). The molecule has 1 aromatic heterocycles. The minimum absolute atomic E-state index is 0.00701. The number of nitrogens with one attached hydrogen (secondary N) is 1. The van der Waals surface area contributed by atoms with Gasteiger partial charge in [-0.2, -0.15) is 0 Å². The Morgan fingerprint density at radius 3 is 2.90 bits per heavy atom. The van der Waals surface area contributed by atoms with E-state index in [1.807, 2.05) is 0 Å². The Balaban J connectivity index is 1.85. The van der Waals surface area contributed by atoms with E-state index in [1.54, 1.807) is 29.4 Å². The highest BCUT2D eigenvalue weighted by atomic mass is 16.5. The van der Waals surface area contributed by atoms with Gasteiger partial charge in [0.2, 0.25) is 11.8 Å². The van der Waals surface area contributed by atoms with E-state index in [2.05, 4.69) is 10.3 Å². The van der Waals surface area contributed by atoms with Crippen LogP contribution in [0, 0.1) is 0 Å². The fourth-order valence-corrected chi connectivity index (χ4v) is 2.18. The lowest BCUT2D eigenvalue weighted by Gasteiger charge is -2.33. The van der Waals surface area contributed by atoms with Crippen molar-refractivity contribution < 1.29 is 14.3 Å². The molecule has 0 aliphatic carbocycles. The van der Waals surface area contributed by atoms with Gasteiger partial charge in [-0.25, -0.2) is 0 Å². The van der Waals surface area contributed by atoms with Gasteiger partial charge in [-0.1, -0.05) is 0 Å². The van der Waals surface area contributed by atoms with Gasteiger partial charge in [0.25, 0.3) is 0 Å². The summed E-state index contributed by atoms with van der Waals surface area (Å²) in [7, 11) is 0. The van der Waals surface area contributed by atoms with Gasteiger partial charge in [0, 0.05) is 25.9 Å². The quantitative estimate of drug-likeness (QED) is 0.874. The van der Waals surface area contributed by atoms with Crippen molar-refractivity contribution in [3.05, 3.63) is 24.5 Å². The summed E-state index contributed by atoms with van der Waals surface area (Å²) in [6.45, 7) is 2.73. The van der Waals surface area contributed by atoms with Crippen LogP contribution in [0.1, 0.15) is 19.8 Å². The van der Waals surface area contributed by atoms with Crippen molar-refractivity contribution in [2.45, 2.75) is 25.9 Å². The fraction of sp³-hybridized carbons (Fsp3) is 0.500. The van der Waals surface area contributed by atoms with Crippen molar-refractivity contribution in [2.24, 2.45) is 0 Å². The predicted octanol–water partition coefficient (Wildman–Crippen LogP) is 0.587. The minimum Gasteiger partial charge on any atom is -0.488 e. The Hall–Kier alpha value is -2.11. The number of hydrogen-bond donors (Lipinski definition) is 1. The van der Waals surface area contributed by atoms with Gasteiger partial charge in [-0.3, -0.25) is 14.6 Å². The lowest BCUT2D eigenvalue weighted by molar-refractivity contribution is -0.134. The number of ether oxygens (including phenoxy) is 1. The molecule has 1 N–H and O–H groups in total. The molecule has 1 saturated heterocycles. The van der Waals surface area contributed by atoms with Crippen LogP contribution in [0.5, 0.6) is 5.75 Å². The molecule has 0 aromatic carbocycles. The van der Waals surface area contributed by atoms with Crippen molar-refractivity contribution in [3.63, 3.8) is 0 Å². The number of amides is 2. The molecule has 6 nitrogen and oxygen atoms in total. The molecule has 0 unspecified atom stereocenters. The van der Waals surface area contributed by atoms with Crippen LogP contribution in [-0.2, 0) is 9.59 Å². The zero-order chi connectivity index (χ0) is 14.4. The van der Waals surface area contributed by atoms with Crippen LogP contribution in [0.4, 0.5) is 0 Å². The van der Waals surface area contributed by atoms with Crippen LogP contribution in [0.15, 0.2) is 24.5 Å². The Kier molecular flexibility index (Phi) is 4.92. The number of nitrogens with zero attached hydrogens (tertiary/aromatic N) is 2. The molecule has 1 aliphatic rings. The first-order valence-electron chi connectivity index (χ1n) is 6.74. The molecular formula is C14H19N3O3. The molecule has 2 amide bonds. The van der Waals surface area contributed by atoms with Crippen LogP contribution in [0.3, 0.4) is 0 Å². The standard InChI is InChI=1S/C14H19N3O3/c1-11(18)16-9-14(19)17-8-2-3-13(10-17)20-12-4-6-15-7-5-12/h4-7,13H,2-3,8-10H2,1H3,(H,16,18)/t13-/m1/s1. The lowest BCUT2D eigenvalue weighted by Crippen LogP contribution is -2.47. The molecule has 1 aromatic rings. The zero-order valence-electron chi connectivity index (χ0n) is 11.5. The maximum atomic E-state index is 11.9. The Bertz CT molecular complexity index is 464. The molecule has 2 heterocycles. The van der Waals surface area contributed by atoms with Gasteiger partial charge >= 0.3 is 0 Å². The van der Waals surface area contributed by atoms with Gasteiger partial charge in [0.1, 0.15) is 11.9 Å². The molecule has 20 heavy (non-hydrogen) atoms. The third-order valence-corrected chi connectivity index (χ3v) is 3.17. The second kappa shape index (κ2) is 6.88. The molecule has 0 radical (unpaired) electrons. The molecule has 0 bridgehead atoms. The van der Waals surface area contributed by atoms with Crippen LogP contribution in [-0.4, -0.2) is 47.4 Å². The van der Waals surface area contributed by atoms with E-state index in [-0.39, 0.29) is 24.5 Å². The number of likely N-dealkylation sites (tertiary alicyclic amines) is 1. The van der Waals surface area contributed by atoms with Crippen molar-refractivity contribution in [2.75, 3.05) is 19.6 Å². The highest BCUT2D eigenvalue weighted by Crippen LogP contribution is 2.17. The maximum absolute atomic E-state index is 11.9. The van der Waals surface area contributed by atoms with Crippen LogP contribution in [0.25, 0.3) is 0 Å². The Labute approximate surface area is 118 Å². The van der Waals surface area contributed by atoms with Gasteiger partial charge < -0.3 is 15.0 Å². The van der Waals surface area contributed by atoms with E-state index >= 15 is 0 Å². The average Bonchev–Trinajstić information content (AvgIpc) is 2.46. The minimum atomic E-state index is -0.194. The smallest absolute Gasteiger partial charge is 0.242 e. The number of carbonyl (C=O) groups excluding carboxylic acids is 2. The maximum Gasteiger partial charge on any atom is 0.242 e. The molecule has 6 heteroatoms. The number of hydrogen-bond acceptors (Lipinski definition) is 4. The predicted molar refractivity (Wildman–Crippen MR) is 73.2 cm³/mol. The van der Waals surface area contributed by atoms with E-state index in [9.17, 15) is 9.59 Å². The fourth-order valence-electron chi connectivity index (χ4n) is 2.18. The second-order valence-corrected chi connectivity index (χ2v) is 4.81. The van der Waals surface area contributed by atoms with E-state index in [0.717, 1.165) is 18.6 Å². The summed E-state index contributed by atoms with van der Waals surface area (Å²) in [5, 5.41) is 2.53. The third-order valence-electron chi connectivity index (χ3n) is 3.17. The number of aromatic nitrogens is 1. The number of carbonyl (C=O) groups is 2. The second-order valence-electron chi connectivity index (χ2n) is 4.81. The highest BCUT2D eigenvalue weighted by Gasteiger charge is 2.24. The first-order valence-corrected chi connectivity index (χ1v) is 6.74. The third kappa shape index (κ3) is 4.22. The topological polar surface area (TPSA) is 71.5 Å². The molecule has 0 spiro atoms. The monoisotopic (exact) mass is 277 g/mol. The first kappa shape index (κ1) is 14.3. The largest absolute Gasteiger partial charge is 0.488 e. The number of piperidine rings is 1. The van der Waals surface area contributed by atoms with Crippen molar-refractivity contribution in [3.8, 4) is 5.75 Å². The van der Waals surface area contributed by atoms with Crippen molar-refractivity contribution in [1.82, 2.24) is 15.2 Å². The van der Waals surface area contributed by atoms with Crippen LogP contribution in [0.2, 0.25) is 0 Å². The number of pyridine rings is 1. The van der Waals surface area contributed by atoms with Crippen LogP contribution < -0.4 is 10.1 Å². The average molecular weight is 277 g/mol. The molecule has 1 aliphatic heterocycles. The lowest BCUT2D eigenvalue weighted by atomic mass is 10.1. The zero-order valence-corrected chi connectivity index (χ0v) is 11.5. The Morgan fingerprint density at radius 2 is 2.20 bits per heavy atom. The SMILES string of the molecule is CC(=O)NCC(=O)N1CCC[C@@H](Oc2ccncc2)C1. The van der Waals surface area contributed by atoms with Crippen molar-refractivity contribution in [1.29, 1.82) is 0 Å². The summed E-state index contributed by atoms with van der Waals surface area (Å²) in [5.74, 6) is 0.504. The molecule has 1 atom stereocenters. The van der Waals surface area contributed by atoms with E-state index in [0.29, 0.717) is 13.1 Å². The van der Waals surface area contributed by atoms with E-state index in [4.69, 9.17) is 4.74 Å². The molecule has 1 fully saturated rings. The Morgan fingerprint density at radius 1 is 1.45 bits per heavy atom. The van der Waals surface area contributed by atoms with Gasteiger partial charge in [0.05, 0.1) is 13.1 Å². The molecule has 108 valence electrons. The van der Waals surface area contributed by atoms with Gasteiger partial charge in [-0.05, 0) is 25.0 Å². The van der Waals surface area contributed by atoms with E-state index in [1.165, 1.54) is 6.92 Å². The first-order chi connectivity index (χ1) is 9.65. The molecular weight excluding hydrogens is 258 g/mol. The highest BCUT2D eigenvalue weighted by molar-refractivity contribution is 5.83. The van der Waals surface area contributed by atoms with Crippen LogP contribution >= 0.6 is 0 Å². The summed E-state index contributed by atoms with van der Waals surface area (Å²) in [5.41, 5.74) is 0. The summed E-state index contributed by atoms with van der Waals surface area (Å²) >= 11 is 0. The van der Waals surface area contributed by atoms with Crippen molar-refractivity contribution >= 4 is 11.8 Å². The summed E-state index contributed by atoms with van der Waals surface area (Å²) in [6.07, 6.45) is 5.18. The summed E-state index contributed by atoms with van der Waals surface area (Å²) in [4.78, 5) is 28.4. The number of rotatable bonds is 4. The summed E-state index contributed by atoms with van der Waals surface area (Å²) in [6, 6.07) is 3.61.